The lowest BCUT2D eigenvalue weighted by Crippen LogP contribution is -2.07. The first-order valence-corrected chi connectivity index (χ1v) is 8.40. The van der Waals surface area contributed by atoms with Crippen LogP contribution in [0.25, 0.3) is 0 Å². The predicted molar refractivity (Wildman–Crippen MR) is 89.5 cm³/mol. The van der Waals surface area contributed by atoms with Crippen molar-refractivity contribution in [2.24, 2.45) is 0 Å². The van der Waals surface area contributed by atoms with E-state index in [1.165, 1.54) is 62.7 Å². The van der Waals surface area contributed by atoms with Crippen LogP contribution in [-0.2, 0) is 25.7 Å². The van der Waals surface area contributed by atoms with E-state index in [-0.39, 0.29) is 0 Å². The van der Waals surface area contributed by atoms with Crippen molar-refractivity contribution in [3.63, 3.8) is 0 Å². The van der Waals surface area contributed by atoms with Crippen molar-refractivity contribution >= 4 is 11.4 Å². The number of hydrogen-bond donors (Lipinski definition) is 1. The molecule has 0 saturated carbocycles. The molecule has 1 heteroatoms. The molecule has 0 bridgehead atoms. The second-order valence-corrected chi connectivity index (χ2v) is 6.47. The number of rotatable bonds is 2. The molecule has 0 heterocycles. The van der Waals surface area contributed by atoms with E-state index in [0.29, 0.717) is 0 Å². The molecule has 0 amide bonds. The van der Waals surface area contributed by atoms with Gasteiger partial charge >= 0.3 is 0 Å². The Hall–Kier alpha value is -1.76. The summed E-state index contributed by atoms with van der Waals surface area (Å²) < 4.78 is 0. The summed E-state index contributed by atoms with van der Waals surface area (Å²) in [5.74, 6) is 0. The third-order valence-electron chi connectivity index (χ3n) is 5.02. The molecule has 1 nitrogen and oxygen atoms in total. The number of nitrogens with one attached hydrogen (secondary N) is 1. The topological polar surface area (TPSA) is 12.0 Å². The summed E-state index contributed by atoms with van der Waals surface area (Å²) in [7, 11) is 0. The summed E-state index contributed by atoms with van der Waals surface area (Å²) in [5, 5.41) is 3.68. The maximum Gasteiger partial charge on any atom is 0.0419 e. The maximum atomic E-state index is 3.68. The smallest absolute Gasteiger partial charge is 0.0419 e. The van der Waals surface area contributed by atoms with Gasteiger partial charge in [0.1, 0.15) is 0 Å². The van der Waals surface area contributed by atoms with Gasteiger partial charge in [-0.15, -0.1) is 0 Å². The lowest BCUT2D eigenvalue weighted by Gasteiger charge is -2.21. The van der Waals surface area contributed by atoms with Crippen LogP contribution in [0.5, 0.6) is 0 Å². The van der Waals surface area contributed by atoms with Gasteiger partial charge in [0.2, 0.25) is 0 Å². The molecule has 0 saturated heterocycles. The number of fused-ring (bicyclic) bond motifs is 2. The average Bonchev–Trinajstić information content (AvgIpc) is 2.55. The van der Waals surface area contributed by atoms with Crippen molar-refractivity contribution in [2.45, 2.75) is 51.4 Å². The molecule has 21 heavy (non-hydrogen) atoms. The van der Waals surface area contributed by atoms with Crippen molar-refractivity contribution in [1.29, 1.82) is 0 Å². The zero-order valence-corrected chi connectivity index (χ0v) is 12.6. The molecule has 0 unspecified atom stereocenters. The largest absolute Gasteiger partial charge is 0.355 e. The Kier molecular flexibility index (Phi) is 3.42. The second kappa shape index (κ2) is 5.55. The van der Waals surface area contributed by atoms with Gasteiger partial charge in [0.25, 0.3) is 0 Å². The molecule has 2 aliphatic carbocycles. The Morgan fingerprint density at radius 1 is 0.667 bits per heavy atom. The van der Waals surface area contributed by atoms with E-state index >= 15 is 0 Å². The third kappa shape index (κ3) is 2.57. The molecule has 2 aromatic carbocycles. The van der Waals surface area contributed by atoms with E-state index in [9.17, 15) is 0 Å². The molecular weight excluding hydrogens is 254 g/mol. The lowest BCUT2D eigenvalue weighted by atomic mass is 9.90. The zero-order valence-electron chi connectivity index (χ0n) is 12.6. The van der Waals surface area contributed by atoms with Gasteiger partial charge in [-0.2, -0.15) is 0 Å². The summed E-state index contributed by atoms with van der Waals surface area (Å²) in [6.07, 6.45) is 10.3. The maximum absolute atomic E-state index is 3.68. The van der Waals surface area contributed by atoms with Crippen LogP contribution in [0, 0.1) is 0 Å². The average molecular weight is 277 g/mol. The van der Waals surface area contributed by atoms with Gasteiger partial charge < -0.3 is 5.32 Å². The van der Waals surface area contributed by atoms with E-state index < -0.39 is 0 Å². The minimum atomic E-state index is 1.23. The highest BCUT2D eigenvalue weighted by Gasteiger charge is 2.14. The number of hydrogen-bond acceptors (Lipinski definition) is 1. The minimum absolute atomic E-state index is 1.23. The van der Waals surface area contributed by atoms with Gasteiger partial charge in [-0.1, -0.05) is 18.2 Å². The Morgan fingerprint density at radius 3 is 2.33 bits per heavy atom. The first kappa shape index (κ1) is 12.9. The highest BCUT2D eigenvalue weighted by molar-refractivity contribution is 5.66. The summed E-state index contributed by atoms with van der Waals surface area (Å²) in [5.41, 5.74) is 8.78. The van der Waals surface area contributed by atoms with Crippen LogP contribution in [-0.4, -0.2) is 0 Å². The predicted octanol–water partition coefficient (Wildman–Crippen LogP) is 5.19. The normalized spacial score (nSPS) is 17.0. The molecule has 4 rings (SSSR count). The molecule has 108 valence electrons. The number of benzene rings is 2. The fraction of sp³-hybridized carbons (Fsp3) is 0.400. The number of anilines is 2. The molecule has 2 aromatic rings. The Bertz CT molecular complexity index is 657. The van der Waals surface area contributed by atoms with Crippen molar-refractivity contribution in [3.05, 3.63) is 58.7 Å². The molecule has 2 aliphatic rings. The van der Waals surface area contributed by atoms with Crippen molar-refractivity contribution in [3.8, 4) is 0 Å². The van der Waals surface area contributed by atoms with E-state index in [2.05, 4.69) is 41.7 Å². The minimum Gasteiger partial charge on any atom is -0.355 e. The van der Waals surface area contributed by atoms with Crippen molar-refractivity contribution in [2.75, 3.05) is 5.32 Å². The highest BCUT2D eigenvalue weighted by atomic mass is 14.9. The van der Waals surface area contributed by atoms with Crippen molar-refractivity contribution in [1.82, 2.24) is 0 Å². The molecule has 0 aliphatic heterocycles. The van der Waals surface area contributed by atoms with Crippen LogP contribution in [0.15, 0.2) is 36.4 Å². The van der Waals surface area contributed by atoms with Crippen LogP contribution in [0.4, 0.5) is 11.4 Å². The van der Waals surface area contributed by atoms with Crippen LogP contribution < -0.4 is 5.32 Å². The SMILES string of the molecule is c1cc2c(c(Nc3ccc4c(c3)CCCC4)c1)CCCC2. The number of aryl methyl sites for hydroxylation is 3. The summed E-state index contributed by atoms with van der Waals surface area (Å²) in [6, 6.07) is 13.7. The Labute approximate surface area is 127 Å². The monoisotopic (exact) mass is 277 g/mol. The molecule has 1 N–H and O–H groups in total. The Morgan fingerprint density at radius 2 is 1.43 bits per heavy atom. The molecule has 0 radical (unpaired) electrons. The standard InChI is InChI=1S/C20H23N/c1-2-8-17-14-18(13-12-15(17)6-1)21-20-11-5-9-16-7-3-4-10-19(16)20/h5,9,11-14,21H,1-4,6-8,10H2. The Balaban J connectivity index is 1.64. The molecule has 0 fully saturated rings. The first-order chi connectivity index (χ1) is 10.4. The highest BCUT2D eigenvalue weighted by Crippen LogP contribution is 2.31. The van der Waals surface area contributed by atoms with Gasteiger partial charge in [0.05, 0.1) is 0 Å². The first-order valence-electron chi connectivity index (χ1n) is 8.40. The van der Waals surface area contributed by atoms with Crippen LogP contribution in [0.1, 0.15) is 47.9 Å². The van der Waals surface area contributed by atoms with E-state index in [0.717, 1.165) is 0 Å². The third-order valence-corrected chi connectivity index (χ3v) is 5.02. The van der Waals surface area contributed by atoms with Gasteiger partial charge in [0.15, 0.2) is 0 Å². The summed E-state index contributed by atoms with van der Waals surface area (Å²) >= 11 is 0. The molecular formula is C20H23N. The van der Waals surface area contributed by atoms with Gasteiger partial charge in [-0.05, 0) is 91.8 Å². The summed E-state index contributed by atoms with van der Waals surface area (Å²) in [4.78, 5) is 0. The molecule has 0 aromatic heterocycles. The van der Waals surface area contributed by atoms with Crippen LogP contribution in [0.3, 0.4) is 0 Å². The van der Waals surface area contributed by atoms with Gasteiger partial charge in [-0.25, -0.2) is 0 Å². The lowest BCUT2D eigenvalue weighted by molar-refractivity contribution is 0.685. The van der Waals surface area contributed by atoms with Gasteiger partial charge in [-0.3, -0.25) is 0 Å². The zero-order chi connectivity index (χ0) is 14.1. The fourth-order valence-electron chi connectivity index (χ4n) is 3.87. The molecule has 0 spiro atoms. The van der Waals surface area contributed by atoms with Crippen LogP contribution >= 0.6 is 0 Å². The fourth-order valence-corrected chi connectivity index (χ4v) is 3.87. The van der Waals surface area contributed by atoms with E-state index in [4.69, 9.17) is 0 Å². The van der Waals surface area contributed by atoms with Gasteiger partial charge in [0, 0.05) is 11.4 Å². The van der Waals surface area contributed by atoms with E-state index in [1.54, 1.807) is 22.3 Å². The molecule has 0 atom stereocenters. The summed E-state index contributed by atoms with van der Waals surface area (Å²) in [6.45, 7) is 0. The van der Waals surface area contributed by atoms with E-state index in [1.807, 2.05) is 0 Å². The van der Waals surface area contributed by atoms with Crippen molar-refractivity contribution < 1.29 is 0 Å². The second-order valence-electron chi connectivity index (χ2n) is 6.47. The van der Waals surface area contributed by atoms with Crippen LogP contribution in [0.2, 0.25) is 0 Å². The quantitative estimate of drug-likeness (QED) is 0.796.